The van der Waals surface area contributed by atoms with Crippen molar-refractivity contribution in [1.29, 1.82) is 0 Å². The molecule has 1 fully saturated rings. The monoisotopic (exact) mass is 370 g/mol. The molecule has 0 aromatic heterocycles. The Kier molecular flexibility index (Phi) is 6.94. The van der Waals surface area contributed by atoms with Crippen LogP contribution in [-0.2, 0) is 6.54 Å². The number of benzene rings is 2. The first-order valence-corrected chi connectivity index (χ1v) is 9.21. The molecule has 1 saturated heterocycles. The molecule has 27 heavy (non-hydrogen) atoms. The van der Waals surface area contributed by atoms with Gasteiger partial charge < -0.3 is 5.11 Å². The van der Waals surface area contributed by atoms with Crippen molar-refractivity contribution in [3.63, 3.8) is 0 Å². The van der Waals surface area contributed by atoms with E-state index >= 15 is 0 Å². The lowest BCUT2D eigenvalue weighted by atomic mass is 10.1. The summed E-state index contributed by atoms with van der Waals surface area (Å²) in [5.74, 6) is 4.74. The van der Waals surface area contributed by atoms with Gasteiger partial charge in [0.15, 0.2) is 11.6 Å². The molecule has 1 aliphatic rings. The van der Waals surface area contributed by atoms with Gasteiger partial charge >= 0.3 is 0 Å². The third-order valence-corrected chi connectivity index (χ3v) is 4.83. The van der Waals surface area contributed by atoms with Crippen molar-refractivity contribution >= 4 is 0 Å². The van der Waals surface area contributed by atoms with Gasteiger partial charge in [0.1, 0.15) is 0 Å². The van der Waals surface area contributed by atoms with Crippen molar-refractivity contribution in [2.45, 2.75) is 19.0 Å². The van der Waals surface area contributed by atoms with Crippen molar-refractivity contribution < 1.29 is 13.9 Å². The zero-order chi connectivity index (χ0) is 19.1. The molecule has 0 aliphatic carbocycles. The Hall–Kier alpha value is -2.26. The summed E-state index contributed by atoms with van der Waals surface area (Å²) in [5.41, 5.74) is 1.75. The standard InChI is InChI=1S/C22H24F2N2O/c23-21-9-8-19(15-22(21)24)16-26-13-12-25(17-20(26)10-14-27)11-4-7-18-5-2-1-3-6-18/h1-3,5-6,8-9,15,20,27H,10-14,16-17H2/t20-/m1/s1. The van der Waals surface area contributed by atoms with E-state index in [1.54, 1.807) is 6.07 Å². The van der Waals surface area contributed by atoms with Crippen LogP contribution >= 0.6 is 0 Å². The number of aliphatic hydroxyl groups excluding tert-OH is 1. The van der Waals surface area contributed by atoms with E-state index in [1.165, 1.54) is 12.1 Å². The van der Waals surface area contributed by atoms with Crippen LogP contribution in [0.2, 0.25) is 0 Å². The van der Waals surface area contributed by atoms with Crippen LogP contribution in [0.15, 0.2) is 48.5 Å². The minimum atomic E-state index is -0.826. The molecule has 0 spiro atoms. The van der Waals surface area contributed by atoms with E-state index in [2.05, 4.69) is 21.6 Å². The molecule has 5 heteroatoms. The van der Waals surface area contributed by atoms with Gasteiger partial charge in [0.05, 0.1) is 6.54 Å². The molecule has 0 bridgehead atoms. The highest BCUT2D eigenvalue weighted by Crippen LogP contribution is 2.18. The Morgan fingerprint density at radius 3 is 2.59 bits per heavy atom. The van der Waals surface area contributed by atoms with Gasteiger partial charge in [0.2, 0.25) is 0 Å². The number of nitrogens with zero attached hydrogens (tertiary/aromatic N) is 2. The second-order valence-corrected chi connectivity index (χ2v) is 6.79. The molecule has 2 aromatic rings. The third kappa shape index (κ3) is 5.61. The molecule has 0 amide bonds. The molecule has 1 atom stereocenters. The van der Waals surface area contributed by atoms with Crippen molar-refractivity contribution in [1.82, 2.24) is 9.80 Å². The highest BCUT2D eigenvalue weighted by atomic mass is 19.2. The minimum Gasteiger partial charge on any atom is -0.396 e. The van der Waals surface area contributed by atoms with Crippen molar-refractivity contribution in [3.05, 3.63) is 71.3 Å². The van der Waals surface area contributed by atoms with Gasteiger partial charge in [0.25, 0.3) is 0 Å². The van der Waals surface area contributed by atoms with E-state index in [0.717, 1.165) is 30.8 Å². The molecule has 0 unspecified atom stereocenters. The normalized spacial score (nSPS) is 18.1. The lowest BCUT2D eigenvalue weighted by Crippen LogP contribution is -2.52. The fraction of sp³-hybridized carbons (Fsp3) is 0.364. The lowest BCUT2D eigenvalue weighted by molar-refractivity contribution is 0.0605. The summed E-state index contributed by atoms with van der Waals surface area (Å²) < 4.78 is 26.6. The average molecular weight is 370 g/mol. The number of piperazine rings is 1. The zero-order valence-electron chi connectivity index (χ0n) is 15.2. The molecule has 2 aromatic carbocycles. The van der Waals surface area contributed by atoms with Crippen LogP contribution < -0.4 is 0 Å². The number of aliphatic hydroxyl groups is 1. The maximum absolute atomic E-state index is 13.5. The van der Waals surface area contributed by atoms with E-state index in [0.29, 0.717) is 19.5 Å². The fourth-order valence-corrected chi connectivity index (χ4v) is 3.38. The van der Waals surface area contributed by atoms with E-state index in [-0.39, 0.29) is 12.6 Å². The van der Waals surface area contributed by atoms with Crippen LogP contribution in [0, 0.1) is 23.5 Å². The molecule has 1 aliphatic heterocycles. The molecule has 1 heterocycles. The number of hydrogen-bond donors (Lipinski definition) is 1. The summed E-state index contributed by atoms with van der Waals surface area (Å²) in [6, 6.07) is 14.1. The van der Waals surface area contributed by atoms with Crippen LogP contribution in [0.4, 0.5) is 8.78 Å². The Morgan fingerprint density at radius 2 is 1.85 bits per heavy atom. The lowest BCUT2D eigenvalue weighted by Gasteiger charge is -2.40. The summed E-state index contributed by atoms with van der Waals surface area (Å²) in [5, 5.41) is 9.41. The second-order valence-electron chi connectivity index (χ2n) is 6.79. The summed E-state index contributed by atoms with van der Waals surface area (Å²) in [4.78, 5) is 4.50. The highest BCUT2D eigenvalue weighted by molar-refractivity contribution is 5.33. The number of rotatable bonds is 5. The van der Waals surface area contributed by atoms with Gasteiger partial charge in [-0.2, -0.15) is 0 Å². The van der Waals surface area contributed by atoms with Crippen molar-refractivity contribution in [3.8, 4) is 11.8 Å². The first kappa shape index (κ1) is 19.5. The first-order valence-electron chi connectivity index (χ1n) is 9.21. The molecular weight excluding hydrogens is 346 g/mol. The van der Waals surface area contributed by atoms with Gasteiger partial charge in [0, 0.05) is 44.4 Å². The van der Waals surface area contributed by atoms with Gasteiger partial charge in [-0.3, -0.25) is 9.80 Å². The molecule has 3 rings (SSSR count). The maximum Gasteiger partial charge on any atom is 0.159 e. The van der Waals surface area contributed by atoms with Crippen LogP contribution in [0.3, 0.4) is 0 Å². The molecule has 142 valence electrons. The summed E-state index contributed by atoms with van der Waals surface area (Å²) in [7, 11) is 0. The largest absolute Gasteiger partial charge is 0.396 e. The molecule has 0 saturated carbocycles. The van der Waals surface area contributed by atoms with E-state index < -0.39 is 11.6 Å². The van der Waals surface area contributed by atoms with Gasteiger partial charge in [-0.1, -0.05) is 36.1 Å². The molecule has 3 nitrogen and oxygen atoms in total. The quantitative estimate of drug-likeness (QED) is 0.820. The number of hydrogen-bond acceptors (Lipinski definition) is 3. The van der Waals surface area contributed by atoms with Crippen LogP contribution in [0.25, 0.3) is 0 Å². The van der Waals surface area contributed by atoms with Crippen LogP contribution in [0.1, 0.15) is 17.5 Å². The van der Waals surface area contributed by atoms with Gasteiger partial charge in [-0.25, -0.2) is 8.78 Å². The Bertz CT molecular complexity index is 801. The summed E-state index contributed by atoms with van der Waals surface area (Å²) >= 11 is 0. The summed E-state index contributed by atoms with van der Waals surface area (Å²) in [6.45, 7) is 3.78. The second kappa shape index (κ2) is 9.61. The summed E-state index contributed by atoms with van der Waals surface area (Å²) in [6.07, 6.45) is 0.645. The predicted octanol–water partition coefficient (Wildman–Crippen LogP) is 2.89. The maximum atomic E-state index is 13.5. The topological polar surface area (TPSA) is 26.7 Å². The van der Waals surface area contributed by atoms with Gasteiger partial charge in [-0.15, -0.1) is 0 Å². The van der Waals surface area contributed by atoms with Gasteiger partial charge in [-0.05, 0) is 36.2 Å². The van der Waals surface area contributed by atoms with E-state index in [1.807, 2.05) is 30.3 Å². The van der Waals surface area contributed by atoms with E-state index in [4.69, 9.17) is 0 Å². The Labute approximate surface area is 159 Å². The first-order chi connectivity index (χ1) is 13.2. The smallest absolute Gasteiger partial charge is 0.159 e. The highest BCUT2D eigenvalue weighted by Gasteiger charge is 2.26. The molecule has 1 N–H and O–H groups in total. The zero-order valence-corrected chi connectivity index (χ0v) is 15.2. The predicted molar refractivity (Wildman–Crippen MR) is 102 cm³/mol. The SMILES string of the molecule is OCC[C@@H]1CN(CC#Cc2ccccc2)CCN1Cc1ccc(F)c(F)c1. The van der Waals surface area contributed by atoms with Crippen LogP contribution in [-0.4, -0.2) is 53.7 Å². The Morgan fingerprint density at radius 1 is 1.04 bits per heavy atom. The van der Waals surface area contributed by atoms with Crippen molar-refractivity contribution in [2.24, 2.45) is 0 Å². The number of halogens is 2. The third-order valence-electron chi connectivity index (χ3n) is 4.83. The van der Waals surface area contributed by atoms with Crippen molar-refractivity contribution in [2.75, 3.05) is 32.8 Å². The van der Waals surface area contributed by atoms with Crippen LogP contribution in [0.5, 0.6) is 0 Å². The van der Waals surface area contributed by atoms with E-state index in [9.17, 15) is 13.9 Å². The minimum absolute atomic E-state index is 0.0997. The molecular formula is C22H24F2N2O. The molecule has 0 radical (unpaired) electrons. The average Bonchev–Trinajstić information content (AvgIpc) is 2.68. The Balaban J connectivity index is 1.59. The fourth-order valence-electron chi connectivity index (χ4n) is 3.38.